The number of ether oxygens (including phenoxy) is 1. The van der Waals surface area contributed by atoms with E-state index in [0.29, 0.717) is 17.9 Å². The second-order valence-corrected chi connectivity index (χ2v) is 10.6. The van der Waals surface area contributed by atoms with Gasteiger partial charge in [0.25, 0.3) is 5.56 Å². The molecule has 2 saturated heterocycles. The third-order valence-corrected chi connectivity index (χ3v) is 8.21. The molecule has 2 aliphatic rings. The highest BCUT2D eigenvalue weighted by molar-refractivity contribution is 5.82. The minimum absolute atomic E-state index is 0.0941. The summed E-state index contributed by atoms with van der Waals surface area (Å²) in [5.74, 6) is 0.693. The normalized spacial score (nSPS) is 19.3. The monoisotopic (exact) mass is 513 g/mol. The first-order valence-corrected chi connectivity index (χ1v) is 13.5. The van der Waals surface area contributed by atoms with Crippen LogP contribution in [0, 0.1) is 20.8 Å². The molecule has 198 valence electrons. The quantitative estimate of drug-likeness (QED) is 0.422. The number of hydrogen-bond acceptors (Lipinski definition) is 7. The van der Waals surface area contributed by atoms with Crippen molar-refractivity contribution in [2.24, 2.45) is 0 Å². The van der Waals surface area contributed by atoms with Gasteiger partial charge in [0.15, 0.2) is 5.82 Å². The Kier molecular flexibility index (Phi) is 6.71. The number of fused-ring (bicyclic) bond motifs is 1. The molecule has 0 unspecified atom stereocenters. The van der Waals surface area contributed by atoms with Crippen molar-refractivity contribution in [1.29, 1.82) is 0 Å². The number of aryl methyl sites for hydroxylation is 2. The zero-order valence-electron chi connectivity index (χ0n) is 22.4. The topological polar surface area (TPSA) is 92.2 Å². The molecule has 2 aromatic carbocycles. The second-order valence-electron chi connectivity index (χ2n) is 10.6. The Balaban J connectivity index is 1.37. The van der Waals surface area contributed by atoms with Gasteiger partial charge in [-0.05, 0) is 78.2 Å². The average molecular weight is 514 g/mol. The molecule has 0 amide bonds. The van der Waals surface area contributed by atoms with E-state index in [-0.39, 0.29) is 17.7 Å². The number of hydrogen-bond donors (Lipinski definition) is 1. The fraction of sp³-hybridized carbons (Fsp3) is 0.448. The lowest BCUT2D eigenvalue weighted by atomic mass is 10.0. The van der Waals surface area contributed by atoms with Crippen molar-refractivity contribution < 1.29 is 4.74 Å². The molecule has 0 spiro atoms. The molecule has 38 heavy (non-hydrogen) atoms. The maximum absolute atomic E-state index is 13.6. The zero-order valence-corrected chi connectivity index (χ0v) is 22.4. The van der Waals surface area contributed by atoms with Crippen LogP contribution in [0.25, 0.3) is 10.9 Å². The number of pyridine rings is 1. The largest absolute Gasteiger partial charge is 0.376 e. The fourth-order valence-electron chi connectivity index (χ4n) is 5.92. The lowest BCUT2D eigenvalue weighted by molar-refractivity contribution is 0.0906. The number of nitrogens with zero attached hydrogens (tertiary/aromatic N) is 6. The van der Waals surface area contributed by atoms with Crippen molar-refractivity contribution in [3.05, 3.63) is 80.9 Å². The molecule has 2 fully saturated rings. The Morgan fingerprint density at radius 3 is 2.63 bits per heavy atom. The number of H-pyrrole nitrogens is 1. The van der Waals surface area contributed by atoms with E-state index in [1.54, 1.807) is 0 Å². The zero-order chi connectivity index (χ0) is 26.2. The Morgan fingerprint density at radius 2 is 1.84 bits per heavy atom. The molecule has 0 aliphatic carbocycles. The highest BCUT2D eigenvalue weighted by Crippen LogP contribution is 2.31. The van der Waals surface area contributed by atoms with Gasteiger partial charge in [-0.15, -0.1) is 5.10 Å². The van der Waals surface area contributed by atoms with Crippen molar-refractivity contribution in [2.75, 3.05) is 37.7 Å². The minimum Gasteiger partial charge on any atom is -0.376 e. The first kappa shape index (κ1) is 24.8. The molecular weight excluding hydrogens is 478 g/mol. The predicted octanol–water partition coefficient (Wildman–Crippen LogP) is 3.53. The van der Waals surface area contributed by atoms with Gasteiger partial charge in [0.1, 0.15) is 6.04 Å². The van der Waals surface area contributed by atoms with Gasteiger partial charge in [-0.2, -0.15) is 0 Å². The van der Waals surface area contributed by atoms with Crippen LogP contribution in [-0.2, 0) is 11.3 Å². The molecule has 9 heteroatoms. The standard InChI is InChI=1S/C29H35N7O2/c1-19-7-5-11-25(21(19)3)34-12-14-35(15-13-34)27(28-31-32-33-36(28)18-23-10-6-16-38-23)24-17-22-9-4-8-20(2)26(22)30-29(24)37/h4-5,7-9,11,17,23,27H,6,10,12-16,18H2,1-3H3,(H,30,37)/t23-,27-/m1/s1. The summed E-state index contributed by atoms with van der Waals surface area (Å²) in [6.07, 6.45) is 2.14. The number of rotatable bonds is 6. The molecule has 1 N–H and O–H groups in total. The number of benzene rings is 2. The van der Waals surface area contributed by atoms with Crippen molar-refractivity contribution in [3.63, 3.8) is 0 Å². The van der Waals surface area contributed by atoms with Gasteiger partial charge in [-0.3, -0.25) is 9.69 Å². The van der Waals surface area contributed by atoms with E-state index < -0.39 is 0 Å². The molecular formula is C29H35N7O2. The minimum atomic E-state index is -0.360. The number of para-hydroxylation sites is 1. The Morgan fingerprint density at radius 1 is 1.05 bits per heavy atom. The molecule has 4 heterocycles. The highest BCUT2D eigenvalue weighted by atomic mass is 16.5. The van der Waals surface area contributed by atoms with Gasteiger partial charge in [0.05, 0.1) is 18.2 Å². The molecule has 2 atom stereocenters. The van der Waals surface area contributed by atoms with Crippen LogP contribution in [0.1, 0.15) is 47.0 Å². The van der Waals surface area contributed by atoms with Gasteiger partial charge in [0.2, 0.25) is 0 Å². The third-order valence-electron chi connectivity index (χ3n) is 8.21. The first-order chi connectivity index (χ1) is 18.5. The van der Waals surface area contributed by atoms with Gasteiger partial charge in [-0.1, -0.05) is 30.3 Å². The summed E-state index contributed by atoms with van der Waals surface area (Å²) in [5.41, 5.74) is 6.40. The molecule has 9 nitrogen and oxygen atoms in total. The summed E-state index contributed by atoms with van der Waals surface area (Å²) >= 11 is 0. The van der Waals surface area contributed by atoms with Crippen molar-refractivity contribution in [2.45, 2.75) is 52.3 Å². The summed E-state index contributed by atoms with van der Waals surface area (Å²) in [4.78, 5) is 21.5. The summed E-state index contributed by atoms with van der Waals surface area (Å²) in [7, 11) is 0. The van der Waals surface area contributed by atoms with Crippen LogP contribution in [0.2, 0.25) is 0 Å². The second kappa shape index (κ2) is 10.3. The Bertz CT molecular complexity index is 1500. The fourth-order valence-corrected chi connectivity index (χ4v) is 5.92. The van der Waals surface area contributed by atoms with Crippen LogP contribution < -0.4 is 10.5 Å². The van der Waals surface area contributed by atoms with Crippen LogP contribution in [0.4, 0.5) is 5.69 Å². The van der Waals surface area contributed by atoms with Crippen LogP contribution in [0.5, 0.6) is 0 Å². The third kappa shape index (κ3) is 4.61. The Hall–Kier alpha value is -3.56. The van der Waals surface area contributed by atoms with E-state index in [9.17, 15) is 4.79 Å². The lowest BCUT2D eigenvalue weighted by Crippen LogP contribution is -2.49. The van der Waals surface area contributed by atoms with Crippen molar-refractivity contribution in [3.8, 4) is 0 Å². The maximum Gasteiger partial charge on any atom is 0.253 e. The molecule has 2 aromatic heterocycles. The summed E-state index contributed by atoms with van der Waals surface area (Å²) < 4.78 is 7.73. The van der Waals surface area contributed by atoms with Crippen LogP contribution in [0.3, 0.4) is 0 Å². The molecule has 0 saturated carbocycles. The van der Waals surface area contributed by atoms with E-state index in [0.717, 1.165) is 62.1 Å². The van der Waals surface area contributed by atoms with Gasteiger partial charge in [0, 0.05) is 44.0 Å². The number of aromatic nitrogens is 5. The summed E-state index contributed by atoms with van der Waals surface area (Å²) in [5, 5.41) is 13.9. The Labute approximate surface area is 222 Å². The van der Waals surface area contributed by atoms with Crippen LogP contribution >= 0.6 is 0 Å². The van der Waals surface area contributed by atoms with Gasteiger partial charge < -0.3 is 14.6 Å². The van der Waals surface area contributed by atoms with Crippen molar-refractivity contribution in [1.82, 2.24) is 30.1 Å². The molecule has 6 rings (SSSR count). The van der Waals surface area contributed by atoms with Gasteiger partial charge in [-0.25, -0.2) is 4.68 Å². The van der Waals surface area contributed by atoms with E-state index in [1.165, 1.54) is 16.8 Å². The summed E-state index contributed by atoms with van der Waals surface area (Å²) in [6, 6.07) is 14.2. The highest BCUT2D eigenvalue weighted by Gasteiger charge is 2.34. The van der Waals surface area contributed by atoms with E-state index in [1.807, 2.05) is 35.9 Å². The molecule has 2 aliphatic heterocycles. The smallest absolute Gasteiger partial charge is 0.253 e. The van der Waals surface area contributed by atoms with E-state index >= 15 is 0 Å². The summed E-state index contributed by atoms with van der Waals surface area (Å²) in [6.45, 7) is 11.0. The molecule has 4 aromatic rings. The lowest BCUT2D eigenvalue weighted by Gasteiger charge is -2.40. The van der Waals surface area contributed by atoms with Crippen LogP contribution in [-0.4, -0.2) is 69.0 Å². The van der Waals surface area contributed by atoms with E-state index in [4.69, 9.17) is 4.74 Å². The average Bonchev–Trinajstić information content (AvgIpc) is 3.60. The number of anilines is 1. The van der Waals surface area contributed by atoms with E-state index in [2.05, 4.69) is 62.4 Å². The maximum atomic E-state index is 13.6. The molecule has 0 bridgehead atoms. The van der Waals surface area contributed by atoms with Crippen LogP contribution in [0.15, 0.2) is 47.3 Å². The molecule has 0 radical (unpaired) electrons. The van der Waals surface area contributed by atoms with Gasteiger partial charge >= 0.3 is 0 Å². The number of piperazine rings is 1. The first-order valence-electron chi connectivity index (χ1n) is 13.5. The predicted molar refractivity (Wildman–Crippen MR) is 148 cm³/mol. The van der Waals surface area contributed by atoms with Crippen molar-refractivity contribution >= 4 is 16.6 Å². The SMILES string of the molecule is Cc1cccc(N2CCN([C@H](c3cc4cccc(C)c4[nH]c3=O)c3nnnn3C[C@H]3CCCO3)CC2)c1C. The number of aromatic amines is 1. The number of nitrogens with one attached hydrogen (secondary N) is 1. The number of tetrazole rings is 1.